The van der Waals surface area contributed by atoms with Crippen LogP contribution in [0.5, 0.6) is 0 Å². The zero-order chi connectivity index (χ0) is 32.8. The number of ether oxygens (including phenoxy) is 6. The highest BCUT2D eigenvalue weighted by molar-refractivity contribution is 6.31. The Hall–Kier alpha value is -1.99. The van der Waals surface area contributed by atoms with E-state index in [1.165, 1.54) is 0 Å². The molecule has 19 heteroatoms. The summed E-state index contributed by atoms with van der Waals surface area (Å²) in [7, 11) is 0. The molecule has 16 nitrogen and oxygen atoms in total. The lowest BCUT2D eigenvalue weighted by Gasteiger charge is -2.45. The number of nitrogens with one attached hydrogen (secondary N) is 1. The third-order valence-corrected chi connectivity index (χ3v) is 8.92. The molecule has 1 N–H and O–H groups in total. The number of aromatic nitrogens is 6. The highest BCUT2D eigenvalue weighted by Crippen LogP contribution is 2.27. The summed E-state index contributed by atoms with van der Waals surface area (Å²) in [6.45, 7) is 14.0. The molecular formula is C30H49Cl3N10O6. The van der Waals surface area contributed by atoms with E-state index in [-0.39, 0.29) is 54.9 Å². The van der Waals surface area contributed by atoms with Crippen LogP contribution < -0.4 is 20.0 Å². The molecule has 0 spiro atoms. The van der Waals surface area contributed by atoms with Gasteiger partial charge in [-0.3, -0.25) is 0 Å². The van der Waals surface area contributed by atoms with Crippen LogP contribution in [0.1, 0.15) is 28.7 Å². The Kier molecular flexibility index (Phi) is 15.4. The average molecular weight is 752 g/mol. The van der Waals surface area contributed by atoms with Crippen molar-refractivity contribution in [3.8, 4) is 0 Å². The summed E-state index contributed by atoms with van der Waals surface area (Å²) in [6, 6.07) is 1.58. The van der Waals surface area contributed by atoms with Crippen molar-refractivity contribution in [2.45, 2.75) is 65.0 Å². The topological polar surface area (TPSA) is 154 Å². The number of anilines is 3. The number of morpholine rings is 6. The van der Waals surface area contributed by atoms with Gasteiger partial charge >= 0.3 is 0 Å². The molecule has 8 rings (SSSR count). The monoisotopic (exact) mass is 750 g/mol. The second-order valence-electron chi connectivity index (χ2n) is 12.0. The Labute approximate surface area is 303 Å². The molecule has 6 aliphatic heterocycles. The van der Waals surface area contributed by atoms with E-state index in [1.54, 1.807) is 0 Å². The number of hydrogen-bond donors (Lipinski definition) is 1. The Balaban J connectivity index is 0.000000179. The third-order valence-electron chi connectivity index (χ3n) is 8.41. The van der Waals surface area contributed by atoms with Gasteiger partial charge < -0.3 is 48.4 Å². The van der Waals surface area contributed by atoms with Crippen molar-refractivity contribution in [3.05, 3.63) is 15.9 Å². The number of rotatable bonds is 3. The van der Waals surface area contributed by atoms with Crippen LogP contribution in [0.3, 0.4) is 0 Å². The molecule has 4 bridgehead atoms. The van der Waals surface area contributed by atoms with Gasteiger partial charge in [0, 0.05) is 13.1 Å². The highest BCUT2D eigenvalue weighted by atomic mass is 35.5. The average Bonchev–Trinajstić information content (AvgIpc) is 3.05. The Bertz CT molecular complexity index is 1260. The molecule has 6 fully saturated rings. The highest BCUT2D eigenvalue weighted by Gasteiger charge is 2.38. The third kappa shape index (κ3) is 10.5. The maximum atomic E-state index is 6.18. The van der Waals surface area contributed by atoms with Crippen LogP contribution in [0.15, 0.2) is 0 Å². The fourth-order valence-electron chi connectivity index (χ4n) is 6.12. The van der Waals surface area contributed by atoms with Crippen molar-refractivity contribution < 1.29 is 28.4 Å². The Morgan fingerprint density at radius 2 is 0.898 bits per heavy atom. The van der Waals surface area contributed by atoms with Crippen LogP contribution in [-0.2, 0) is 28.4 Å². The van der Waals surface area contributed by atoms with E-state index < -0.39 is 0 Å². The van der Waals surface area contributed by atoms with Gasteiger partial charge in [0.2, 0.25) is 33.7 Å². The van der Waals surface area contributed by atoms with Crippen molar-refractivity contribution in [3.63, 3.8) is 0 Å². The second kappa shape index (κ2) is 19.0. The predicted octanol–water partition coefficient (Wildman–Crippen LogP) is 2.40. The molecule has 2 atom stereocenters. The van der Waals surface area contributed by atoms with Gasteiger partial charge in [0.1, 0.15) is 0 Å². The van der Waals surface area contributed by atoms with Crippen molar-refractivity contribution in [1.29, 1.82) is 0 Å². The van der Waals surface area contributed by atoms with Crippen LogP contribution >= 0.6 is 34.8 Å². The maximum Gasteiger partial charge on any atom is 0.232 e. The zero-order valence-corrected chi connectivity index (χ0v) is 28.7. The van der Waals surface area contributed by atoms with E-state index in [2.05, 4.69) is 47.0 Å². The predicted molar refractivity (Wildman–Crippen MR) is 187 cm³/mol. The first-order valence-corrected chi connectivity index (χ1v) is 17.0. The lowest BCUT2D eigenvalue weighted by Crippen LogP contribution is -2.60. The van der Waals surface area contributed by atoms with Gasteiger partial charge in [0.05, 0.1) is 116 Å². The van der Waals surface area contributed by atoms with Gasteiger partial charge in [-0.15, -0.1) is 0 Å². The Morgan fingerprint density at radius 3 is 1.33 bits per heavy atom. The summed E-state index contributed by atoms with van der Waals surface area (Å²) < 4.78 is 32.6. The first-order chi connectivity index (χ1) is 22.8. The molecular weight excluding hydrogens is 703 g/mol. The van der Waals surface area contributed by atoms with Gasteiger partial charge in [0.15, 0.2) is 0 Å². The first-order valence-electron chi connectivity index (χ1n) is 15.9. The number of hydrogen-bond acceptors (Lipinski definition) is 16. The van der Waals surface area contributed by atoms with Crippen LogP contribution in [0, 0.1) is 0 Å². The van der Waals surface area contributed by atoms with E-state index in [0.29, 0.717) is 82.8 Å². The standard InChI is InChI=1S/C14H20ClN5O3.C8H10Cl2N4O.C6H11NO2.2CH4/c1-9-4-21-3-2-19(9)13-16-12(15)17-14(18-13)20-10-5-22-7-11(20)8-23-6-10;1-5-4-15-3-2-14(5)8-12-6(9)11-7(10)13-8;1-5-2-9-4-6(7-5)3-8-1;;/h9-11H,2-8H2,1H3;5H,2-4H2,1H3;5-7H,1-4H2;2*1H4/t9-,10?,11?;5-;;;/m11.../s1. The fourth-order valence-corrected chi connectivity index (χ4v) is 6.62. The SMILES string of the molecule is C.C.C1OCC2COCC1N2.C[C@@H]1COCCN1c1nc(Cl)nc(Cl)n1.C[C@@H]1COCCN1c1nc(Cl)nc(N2C3COCC2COC3)n1. The van der Waals surface area contributed by atoms with Crippen molar-refractivity contribution in [2.75, 3.05) is 107 Å². The number of fused-ring (bicyclic) bond motifs is 4. The molecule has 0 aromatic carbocycles. The molecule has 0 saturated carbocycles. The quantitative estimate of drug-likeness (QED) is 0.488. The van der Waals surface area contributed by atoms with E-state index >= 15 is 0 Å². The van der Waals surface area contributed by atoms with Gasteiger partial charge in [-0.05, 0) is 48.7 Å². The number of nitrogens with zero attached hydrogens (tertiary/aromatic N) is 9. The lowest BCUT2D eigenvalue weighted by molar-refractivity contribution is -0.0556. The maximum absolute atomic E-state index is 6.18. The smallest absolute Gasteiger partial charge is 0.232 e. The van der Waals surface area contributed by atoms with Crippen LogP contribution in [0.4, 0.5) is 17.8 Å². The molecule has 276 valence electrons. The summed E-state index contributed by atoms with van der Waals surface area (Å²) >= 11 is 17.6. The molecule has 6 saturated heterocycles. The molecule has 0 unspecified atom stereocenters. The molecule has 0 aliphatic carbocycles. The largest absolute Gasteiger partial charge is 0.378 e. The molecule has 0 radical (unpaired) electrons. The summed E-state index contributed by atoms with van der Waals surface area (Å²) in [6.07, 6.45) is 0. The van der Waals surface area contributed by atoms with E-state index in [4.69, 9.17) is 68.2 Å². The van der Waals surface area contributed by atoms with Gasteiger partial charge in [0.25, 0.3) is 0 Å². The molecule has 2 aromatic rings. The molecule has 8 heterocycles. The minimum atomic E-state index is 0. The Morgan fingerprint density at radius 1 is 0.510 bits per heavy atom. The summed E-state index contributed by atoms with van der Waals surface area (Å²) in [5.41, 5.74) is 0. The first kappa shape index (κ1) is 39.8. The van der Waals surface area contributed by atoms with Gasteiger partial charge in [-0.2, -0.15) is 29.9 Å². The second-order valence-corrected chi connectivity index (χ2v) is 13.1. The molecule has 49 heavy (non-hydrogen) atoms. The zero-order valence-electron chi connectivity index (χ0n) is 26.5. The summed E-state index contributed by atoms with van der Waals surface area (Å²) in [4.78, 5) is 31.4. The number of halogens is 3. The van der Waals surface area contributed by atoms with E-state index in [0.717, 1.165) is 39.5 Å². The minimum Gasteiger partial charge on any atom is -0.378 e. The minimum absolute atomic E-state index is 0. The summed E-state index contributed by atoms with van der Waals surface area (Å²) in [5, 5.41) is 3.85. The van der Waals surface area contributed by atoms with E-state index in [1.807, 2.05) is 11.8 Å². The fraction of sp³-hybridized carbons (Fsp3) is 0.800. The van der Waals surface area contributed by atoms with E-state index in [9.17, 15) is 0 Å². The normalized spacial score (nSPS) is 29.2. The lowest BCUT2D eigenvalue weighted by atomic mass is 10.1. The molecule has 2 aromatic heterocycles. The van der Waals surface area contributed by atoms with Crippen molar-refractivity contribution >= 4 is 52.6 Å². The molecule has 0 amide bonds. The van der Waals surface area contributed by atoms with Crippen molar-refractivity contribution in [2.24, 2.45) is 0 Å². The van der Waals surface area contributed by atoms with Crippen LogP contribution in [-0.4, -0.2) is 159 Å². The van der Waals surface area contributed by atoms with Crippen molar-refractivity contribution in [1.82, 2.24) is 35.2 Å². The van der Waals surface area contributed by atoms with Gasteiger partial charge in [-0.25, -0.2) is 0 Å². The van der Waals surface area contributed by atoms with Crippen LogP contribution in [0.25, 0.3) is 0 Å². The van der Waals surface area contributed by atoms with Gasteiger partial charge in [-0.1, -0.05) is 14.9 Å². The molecule has 6 aliphatic rings. The van der Waals surface area contributed by atoms with Crippen LogP contribution in [0.2, 0.25) is 15.9 Å². The summed E-state index contributed by atoms with van der Waals surface area (Å²) in [5.74, 6) is 1.73.